The van der Waals surface area contributed by atoms with E-state index in [4.69, 9.17) is 0 Å². The number of aliphatic hydroxyl groups is 1. The molecule has 2 N–H and O–H groups in total. The molecule has 10 nitrogen and oxygen atoms in total. The number of benzene rings is 1. The minimum Gasteiger partial charge on any atom is -0.388 e. The van der Waals surface area contributed by atoms with Gasteiger partial charge in [0.2, 0.25) is 5.91 Å². The molecule has 2 aliphatic rings. The number of fused-ring (bicyclic) bond motifs is 1. The summed E-state index contributed by atoms with van der Waals surface area (Å²) >= 11 is 0. The number of hydrogen-bond acceptors (Lipinski definition) is 7. The first-order valence-electron chi connectivity index (χ1n) is 12.9. The van der Waals surface area contributed by atoms with Gasteiger partial charge in [0, 0.05) is 25.0 Å². The van der Waals surface area contributed by atoms with Crippen LogP contribution in [-0.2, 0) is 11.3 Å². The molecule has 0 radical (unpaired) electrons. The summed E-state index contributed by atoms with van der Waals surface area (Å²) in [5.74, 6) is -0.218. The van der Waals surface area contributed by atoms with Crippen molar-refractivity contribution in [1.82, 2.24) is 29.2 Å². The van der Waals surface area contributed by atoms with E-state index in [1.807, 2.05) is 0 Å². The van der Waals surface area contributed by atoms with Crippen molar-refractivity contribution in [2.45, 2.75) is 43.9 Å². The smallest absolute Gasteiger partial charge is 0.264 e. The Morgan fingerprint density at radius 1 is 1.03 bits per heavy atom. The highest BCUT2D eigenvalue weighted by atomic mass is 19.1. The van der Waals surface area contributed by atoms with Gasteiger partial charge in [-0.2, -0.15) is 5.10 Å². The molecule has 39 heavy (non-hydrogen) atoms. The standard InChI is InChI=1S/C27H27F2N7O3/c28-18-1-4-21(5-2-18)36-24-22(14-32-36)26(38)35(16-31-24)15-27(39)7-9-34(10-8-27)25(37)17-11-20(12-17)33-23-6-3-19(29)13-30-23/h1-6,13-14,16-17,20,39H,7-12,15H2,(H,30,33)/t17-,20+. The van der Waals surface area contributed by atoms with Gasteiger partial charge in [-0.1, -0.05) is 0 Å². The number of rotatable bonds is 6. The van der Waals surface area contributed by atoms with E-state index < -0.39 is 11.4 Å². The molecule has 1 aliphatic carbocycles. The third kappa shape index (κ3) is 4.99. The quantitative estimate of drug-likeness (QED) is 0.390. The van der Waals surface area contributed by atoms with Crippen LogP contribution in [0.4, 0.5) is 14.6 Å². The molecule has 2 fully saturated rings. The minimum atomic E-state index is -1.15. The zero-order valence-corrected chi connectivity index (χ0v) is 21.0. The number of halogens is 2. The molecule has 1 aliphatic heterocycles. The van der Waals surface area contributed by atoms with Gasteiger partial charge in [0.15, 0.2) is 5.65 Å². The van der Waals surface area contributed by atoms with Gasteiger partial charge >= 0.3 is 0 Å². The number of carbonyl (C=O) groups excluding carboxylic acids is 1. The summed E-state index contributed by atoms with van der Waals surface area (Å²) in [4.78, 5) is 36.3. The molecular weight excluding hydrogens is 508 g/mol. The highest BCUT2D eigenvalue weighted by Gasteiger charge is 2.40. The summed E-state index contributed by atoms with van der Waals surface area (Å²) in [6.07, 6.45) is 5.98. The molecule has 1 aromatic carbocycles. The predicted molar refractivity (Wildman–Crippen MR) is 138 cm³/mol. The maximum atomic E-state index is 13.3. The van der Waals surface area contributed by atoms with E-state index in [0.29, 0.717) is 61.3 Å². The number of amides is 1. The van der Waals surface area contributed by atoms with Crippen molar-refractivity contribution in [2.75, 3.05) is 18.4 Å². The van der Waals surface area contributed by atoms with Crippen LogP contribution in [0, 0.1) is 17.6 Å². The van der Waals surface area contributed by atoms with Crippen LogP contribution in [0.1, 0.15) is 25.7 Å². The molecule has 1 amide bonds. The van der Waals surface area contributed by atoms with Crippen molar-refractivity contribution in [1.29, 1.82) is 0 Å². The second kappa shape index (κ2) is 9.84. The monoisotopic (exact) mass is 535 g/mol. The maximum absolute atomic E-state index is 13.3. The van der Waals surface area contributed by atoms with E-state index >= 15 is 0 Å². The van der Waals surface area contributed by atoms with Gasteiger partial charge in [-0.25, -0.2) is 23.4 Å². The number of nitrogens with one attached hydrogen (secondary N) is 1. The summed E-state index contributed by atoms with van der Waals surface area (Å²) in [6.45, 7) is 0.853. The van der Waals surface area contributed by atoms with Crippen LogP contribution in [0.25, 0.3) is 16.7 Å². The van der Waals surface area contributed by atoms with Crippen LogP contribution < -0.4 is 10.9 Å². The van der Waals surface area contributed by atoms with E-state index in [2.05, 4.69) is 20.4 Å². The Bertz CT molecular complexity index is 1560. The van der Waals surface area contributed by atoms with Crippen molar-refractivity contribution in [2.24, 2.45) is 5.92 Å². The van der Waals surface area contributed by atoms with Crippen molar-refractivity contribution in [3.8, 4) is 5.69 Å². The lowest BCUT2D eigenvalue weighted by molar-refractivity contribution is -0.143. The average molecular weight is 536 g/mol. The first kappa shape index (κ1) is 25.1. The van der Waals surface area contributed by atoms with E-state index in [1.54, 1.807) is 23.1 Å². The molecule has 202 valence electrons. The minimum absolute atomic E-state index is 0.0542. The number of pyridine rings is 1. The molecule has 1 saturated carbocycles. The van der Waals surface area contributed by atoms with Crippen LogP contribution in [-0.4, -0.2) is 65.0 Å². The van der Waals surface area contributed by atoms with Gasteiger partial charge in [0.25, 0.3) is 5.56 Å². The maximum Gasteiger partial charge on any atom is 0.264 e. The average Bonchev–Trinajstić information content (AvgIpc) is 3.34. The van der Waals surface area contributed by atoms with Gasteiger partial charge in [0.1, 0.15) is 29.2 Å². The highest BCUT2D eigenvalue weighted by Crippen LogP contribution is 2.33. The molecule has 0 atom stereocenters. The first-order valence-corrected chi connectivity index (χ1v) is 12.9. The third-order valence-electron chi connectivity index (χ3n) is 7.66. The van der Waals surface area contributed by atoms with Crippen molar-refractivity contribution < 1.29 is 18.7 Å². The van der Waals surface area contributed by atoms with E-state index in [-0.39, 0.29) is 35.8 Å². The van der Waals surface area contributed by atoms with Crippen molar-refractivity contribution >= 4 is 22.8 Å². The zero-order valence-electron chi connectivity index (χ0n) is 21.0. The first-order chi connectivity index (χ1) is 18.8. The number of piperidine rings is 1. The lowest BCUT2D eigenvalue weighted by Crippen LogP contribution is -2.53. The summed E-state index contributed by atoms with van der Waals surface area (Å²) in [5, 5.41) is 19.0. The summed E-state index contributed by atoms with van der Waals surface area (Å²) in [6, 6.07) is 8.75. The second-order valence-electron chi connectivity index (χ2n) is 10.4. The Hall–Kier alpha value is -4.19. The molecule has 4 heterocycles. The normalized spacial score (nSPS) is 20.5. The fourth-order valence-corrected chi connectivity index (χ4v) is 5.32. The molecule has 1 saturated heterocycles. The second-order valence-corrected chi connectivity index (χ2v) is 10.4. The number of hydrogen-bond donors (Lipinski definition) is 2. The Morgan fingerprint density at radius 3 is 2.44 bits per heavy atom. The summed E-state index contributed by atoms with van der Waals surface area (Å²) < 4.78 is 29.2. The van der Waals surface area contributed by atoms with Gasteiger partial charge in [-0.3, -0.25) is 14.2 Å². The van der Waals surface area contributed by atoms with Crippen molar-refractivity contribution in [3.05, 3.63) is 77.1 Å². The molecule has 0 spiro atoms. The topological polar surface area (TPSA) is 118 Å². The summed E-state index contributed by atoms with van der Waals surface area (Å²) in [5.41, 5.74) is -0.559. The number of aromatic nitrogens is 5. The molecule has 4 aromatic rings. The van der Waals surface area contributed by atoms with Crippen molar-refractivity contribution in [3.63, 3.8) is 0 Å². The van der Waals surface area contributed by atoms with Gasteiger partial charge in [-0.15, -0.1) is 0 Å². The van der Waals surface area contributed by atoms with Crippen LogP contribution in [0.5, 0.6) is 0 Å². The van der Waals surface area contributed by atoms with E-state index in [1.165, 1.54) is 40.0 Å². The predicted octanol–water partition coefficient (Wildman–Crippen LogP) is 2.50. The van der Waals surface area contributed by atoms with Gasteiger partial charge < -0.3 is 15.3 Å². The number of carbonyl (C=O) groups is 1. The van der Waals surface area contributed by atoms with Gasteiger partial charge in [-0.05, 0) is 62.1 Å². The van der Waals surface area contributed by atoms with E-state index in [0.717, 1.165) is 6.20 Å². The molecule has 3 aromatic heterocycles. The van der Waals surface area contributed by atoms with E-state index in [9.17, 15) is 23.5 Å². The number of anilines is 1. The summed E-state index contributed by atoms with van der Waals surface area (Å²) in [7, 11) is 0. The van der Waals surface area contributed by atoms with Crippen LogP contribution in [0.3, 0.4) is 0 Å². The Balaban J connectivity index is 1.05. The number of nitrogens with zero attached hydrogens (tertiary/aromatic N) is 6. The largest absolute Gasteiger partial charge is 0.388 e. The Labute approximate surface area is 221 Å². The fraction of sp³-hybridized carbons (Fsp3) is 0.370. The van der Waals surface area contributed by atoms with Gasteiger partial charge in [0.05, 0.1) is 30.2 Å². The molecule has 12 heteroatoms. The van der Waals surface area contributed by atoms with Crippen LogP contribution in [0.15, 0.2) is 59.9 Å². The molecule has 6 rings (SSSR count). The van der Waals surface area contributed by atoms with Crippen LogP contribution in [0.2, 0.25) is 0 Å². The lowest BCUT2D eigenvalue weighted by atomic mass is 9.78. The fourth-order valence-electron chi connectivity index (χ4n) is 5.32. The SMILES string of the molecule is O=c1c2cnn(-c3ccc(F)cc3)c2ncn1CC1(O)CCN(C(=O)[C@H]2C[C@@H](Nc3ccc(F)cn3)C2)CC1. The highest BCUT2D eigenvalue weighted by molar-refractivity contribution is 5.80. The Kier molecular flexibility index (Phi) is 6.34. The lowest BCUT2D eigenvalue weighted by Gasteiger charge is -2.42. The third-order valence-corrected chi connectivity index (χ3v) is 7.66. The zero-order chi connectivity index (χ0) is 27.1. The molecule has 0 unspecified atom stereocenters. The Morgan fingerprint density at radius 2 is 1.74 bits per heavy atom. The molecular formula is C27H27F2N7O3. The van der Waals surface area contributed by atoms with Crippen LogP contribution >= 0.6 is 0 Å². The molecule has 0 bridgehead atoms. The number of likely N-dealkylation sites (tertiary alicyclic amines) is 1.